The summed E-state index contributed by atoms with van der Waals surface area (Å²) in [6.45, 7) is 8.80. The fraction of sp³-hybridized carbons (Fsp3) is 0.381. The molecule has 3 aromatic rings. The highest BCUT2D eigenvalue weighted by molar-refractivity contribution is 8.00. The van der Waals surface area contributed by atoms with Crippen LogP contribution in [-0.4, -0.2) is 39.4 Å². The Labute approximate surface area is 173 Å². The summed E-state index contributed by atoms with van der Waals surface area (Å²) in [7, 11) is 1.69. The Kier molecular flexibility index (Phi) is 6.44. The van der Waals surface area contributed by atoms with Gasteiger partial charge >= 0.3 is 0 Å². The smallest absolute Gasteiger partial charge is 0.254 e. The first-order valence-electron chi connectivity index (χ1n) is 9.44. The van der Waals surface area contributed by atoms with Crippen molar-refractivity contribution in [1.82, 2.24) is 14.5 Å². The van der Waals surface area contributed by atoms with E-state index in [4.69, 9.17) is 4.74 Å². The molecule has 0 aliphatic heterocycles. The Morgan fingerprint density at radius 3 is 2.76 bits per heavy atom. The number of thioether (sulfide) groups is 1. The first kappa shape index (κ1) is 21.1. The van der Waals surface area contributed by atoms with Gasteiger partial charge < -0.3 is 19.6 Å². The summed E-state index contributed by atoms with van der Waals surface area (Å²) < 4.78 is 7.38. The lowest BCUT2D eigenvalue weighted by molar-refractivity contribution is -0.115. The molecule has 0 aliphatic carbocycles. The number of anilines is 1. The van der Waals surface area contributed by atoms with Gasteiger partial charge in [-0.25, -0.2) is 4.98 Å². The predicted octanol–water partition coefficient (Wildman–Crippen LogP) is 3.42. The number of fused-ring (bicyclic) bond motifs is 1. The zero-order valence-electron chi connectivity index (χ0n) is 17.3. The van der Waals surface area contributed by atoms with E-state index in [2.05, 4.69) is 32.8 Å². The molecular formula is C21H26N4O3S. The topological polar surface area (TPSA) is 89.0 Å². The summed E-state index contributed by atoms with van der Waals surface area (Å²) in [6.07, 6.45) is 0. The van der Waals surface area contributed by atoms with Crippen molar-refractivity contribution in [1.29, 1.82) is 0 Å². The second kappa shape index (κ2) is 8.84. The van der Waals surface area contributed by atoms with Crippen LogP contribution in [0.25, 0.3) is 10.9 Å². The minimum Gasteiger partial charge on any atom is -0.383 e. The van der Waals surface area contributed by atoms with Gasteiger partial charge in [0.05, 0.1) is 11.9 Å². The largest absolute Gasteiger partial charge is 0.383 e. The molecule has 8 heteroatoms. The van der Waals surface area contributed by atoms with E-state index in [1.165, 1.54) is 11.8 Å². The Bertz CT molecular complexity index is 1100. The van der Waals surface area contributed by atoms with Crippen LogP contribution in [0.1, 0.15) is 23.9 Å². The van der Waals surface area contributed by atoms with Gasteiger partial charge in [-0.05, 0) is 52.0 Å². The summed E-state index contributed by atoms with van der Waals surface area (Å²) in [5, 5.41) is 4.05. The molecule has 2 N–H and O–H groups in total. The normalized spacial score (nSPS) is 12.3. The number of carbonyl (C=O) groups is 1. The van der Waals surface area contributed by atoms with Gasteiger partial charge in [-0.3, -0.25) is 9.59 Å². The van der Waals surface area contributed by atoms with Gasteiger partial charge in [0.1, 0.15) is 0 Å². The number of hydrogen-bond donors (Lipinski definition) is 2. The van der Waals surface area contributed by atoms with Crippen molar-refractivity contribution in [3.05, 3.63) is 51.6 Å². The van der Waals surface area contributed by atoms with E-state index in [0.29, 0.717) is 23.0 Å². The fourth-order valence-electron chi connectivity index (χ4n) is 3.11. The molecule has 1 atom stereocenters. The first-order valence-corrected chi connectivity index (χ1v) is 10.3. The van der Waals surface area contributed by atoms with E-state index in [-0.39, 0.29) is 11.5 Å². The van der Waals surface area contributed by atoms with Gasteiger partial charge in [-0.2, -0.15) is 0 Å². The third-order valence-electron chi connectivity index (χ3n) is 4.93. The Hall–Kier alpha value is -2.58. The molecule has 7 nitrogen and oxygen atoms in total. The molecule has 0 radical (unpaired) electrons. The van der Waals surface area contributed by atoms with E-state index in [0.717, 1.165) is 28.8 Å². The fourth-order valence-corrected chi connectivity index (χ4v) is 3.95. The molecule has 0 unspecified atom stereocenters. The maximum Gasteiger partial charge on any atom is 0.254 e. The average molecular weight is 415 g/mol. The van der Waals surface area contributed by atoms with Gasteiger partial charge in [-0.15, -0.1) is 0 Å². The van der Waals surface area contributed by atoms with E-state index in [1.54, 1.807) is 27.9 Å². The number of amides is 1. The number of hydrogen-bond acceptors (Lipinski definition) is 5. The van der Waals surface area contributed by atoms with Crippen LogP contribution in [0.5, 0.6) is 0 Å². The van der Waals surface area contributed by atoms with Crippen molar-refractivity contribution in [3.63, 3.8) is 0 Å². The third kappa shape index (κ3) is 4.71. The summed E-state index contributed by atoms with van der Waals surface area (Å²) in [6, 6.07) is 7.98. The SMILES string of the molecule is COCCn1c(C)cc2cc(NC(=O)[C@H](C)Sc3nc(C)c(C)c(=O)[nH]3)ccc21. The van der Waals surface area contributed by atoms with E-state index in [1.807, 2.05) is 18.2 Å². The Balaban J connectivity index is 1.72. The highest BCUT2D eigenvalue weighted by atomic mass is 32.2. The highest BCUT2D eigenvalue weighted by Gasteiger charge is 2.17. The number of nitrogens with one attached hydrogen (secondary N) is 2. The zero-order valence-corrected chi connectivity index (χ0v) is 18.1. The van der Waals surface area contributed by atoms with Crippen LogP contribution in [0, 0.1) is 20.8 Å². The Morgan fingerprint density at radius 1 is 1.31 bits per heavy atom. The molecule has 3 rings (SSSR count). The highest BCUT2D eigenvalue weighted by Crippen LogP contribution is 2.25. The second-order valence-electron chi connectivity index (χ2n) is 7.03. The lowest BCUT2D eigenvalue weighted by atomic mass is 10.2. The summed E-state index contributed by atoms with van der Waals surface area (Å²) in [5.41, 5.74) is 4.08. The van der Waals surface area contributed by atoms with Crippen molar-refractivity contribution in [2.45, 2.75) is 44.6 Å². The van der Waals surface area contributed by atoms with E-state index < -0.39 is 5.25 Å². The van der Waals surface area contributed by atoms with Gasteiger partial charge in [0, 0.05) is 47.2 Å². The molecule has 2 aromatic heterocycles. The molecule has 2 heterocycles. The summed E-state index contributed by atoms with van der Waals surface area (Å²) in [4.78, 5) is 31.6. The molecule has 1 amide bonds. The molecule has 154 valence electrons. The van der Waals surface area contributed by atoms with Crippen LogP contribution in [0.2, 0.25) is 0 Å². The molecular weight excluding hydrogens is 388 g/mol. The molecule has 0 spiro atoms. The summed E-state index contributed by atoms with van der Waals surface area (Å²) >= 11 is 1.23. The molecule has 0 aliphatic rings. The number of nitrogens with zero attached hydrogens (tertiary/aromatic N) is 2. The molecule has 29 heavy (non-hydrogen) atoms. The minimum atomic E-state index is -0.413. The number of benzene rings is 1. The van der Waals surface area contributed by atoms with Gasteiger partial charge in [0.2, 0.25) is 5.91 Å². The second-order valence-corrected chi connectivity index (χ2v) is 8.36. The average Bonchev–Trinajstić information content (AvgIpc) is 2.98. The molecule has 0 saturated heterocycles. The monoisotopic (exact) mass is 414 g/mol. The number of aromatic amines is 1. The predicted molar refractivity (Wildman–Crippen MR) is 117 cm³/mol. The number of methoxy groups -OCH3 is 1. The quantitative estimate of drug-likeness (QED) is 0.457. The van der Waals surface area contributed by atoms with Crippen molar-refractivity contribution in [2.24, 2.45) is 0 Å². The van der Waals surface area contributed by atoms with Gasteiger partial charge in [-0.1, -0.05) is 11.8 Å². The number of aryl methyl sites for hydroxylation is 2. The Morgan fingerprint density at radius 2 is 2.07 bits per heavy atom. The van der Waals surface area contributed by atoms with Crippen molar-refractivity contribution < 1.29 is 9.53 Å². The number of aromatic nitrogens is 3. The van der Waals surface area contributed by atoms with Crippen LogP contribution >= 0.6 is 11.8 Å². The lowest BCUT2D eigenvalue weighted by Gasteiger charge is -2.12. The number of H-pyrrole nitrogens is 1. The van der Waals surface area contributed by atoms with Gasteiger partial charge in [0.25, 0.3) is 5.56 Å². The zero-order chi connectivity index (χ0) is 21.1. The van der Waals surface area contributed by atoms with Crippen molar-refractivity contribution in [3.8, 4) is 0 Å². The first-order chi connectivity index (χ1) is 13.8. The van der Waals surface area contributed by atoms with E-state index in [9.17, 15) is 9.59 Å². The van der Waals surface area contributed by atoms with Crippen LogP contribution in [0.4, 0.5) is 5.69 Å². The van der Waals surface area contributed by atoms with Crippen LogP contribution in [0.15, 0.2) is 34.2 Å². The summed E-state index contributed by atoms with van der Waals surface area (Å²) in [5.74, 6) is -0.147. The maximum atomic E-state index is 12.6. The van der Waals surface area contributed by atoms with E-state index >= 15 is 0 Å². The molecule has 0 fully saturated rings. The van der Waals surface area contributed by atoms with Crippen molar-refractivity contribution >= 4 is 34.3 Å². The van der Waals surface area contributed by atoms with Gasteiger partial charge in [0.15, 0.2) is 5.16 Å². The van der Waals surface area contributed by atoms with Crippen LogP contribution in [0.3, 0.4) is 0 Å². The van der Waals surface area contributed by atoms with Crippen molar-refractivity contribution in [2.75, 3.05) is 19.0 Å². The number of rotatable bonds is 7. The van der Waals surface area contributed by atoms with Crippen LogP contribution < -0.4 is 10.9 Å². The maximum absolute atomic E-state index is 12.6. The van der Waals surface area contributed by atoms with Crippen LogP contribution in [-0.2, 0) is 16.1 Å². The number of ether oxygens (including phenoxy) is 1. The molecule has 1 aromatic carbocycles. The molecule has 0 saturated carbocycles. The minimum absolute atomic E-state index is 0.147. The standard InChI is InChI=1S/C21H26N4O3S/c1-12-10-16-11-17(6-7-18(16)25(12)8-9-28-5)23-20(27)15(4)29-21-22-14(3)13(2)19(26)24-21/h6-7,10-11,15H,8-9H2,1-5H3,(H,23,27)(H,22,24,26)/t15-/m0/s1. The molecule has 0 bridgehead atoms. The lowest BCUT2D eigenvalue weighted by Crippen LogP contribution is -2.23. The number of carbonyl (C=O) groups excluding carboxylic acids is 1. The third-order valence-corrected chi connectivity index (χ3v) is 5.91.